The minimum atomic E-state index is 0.953. The van der Waals surface area contributed by atoms with Crippen molar-refractivity contribution in [2.75, 3.05) is 0 Å². The summed E-state index contributed by atoms with van der Waals surface area (Å²) >= 11 is 0. The Labute approximate surface area is 88.9 Å². The van der Waals surface area contributed by atoms with E-state index in [-0.39, 0.29) is 0 Å². The van der Waals surface area contributed by atoms with Crippen LogP contribution in [0.1, 0.15) is 0 Å². The van der Waals surface area contributed by atoms with E-state index in [0.717, 1.165) is 16.9 Å². The van der Waals surface area contributed by atoms with Gasteiger partial charge in [0.15, 0.2) is 0 Å². The standard InChI is InChI=1S/C8H7B3N4/c9-15-8(10-13-11-15)6-5-12-7-3-1-2-4-14(6)7/h1-5H,9H2. The number of hydrogen-bond donors (Lipinski definition) is 0. The molecule has 0 amide bonds. The van der Waals surface area contributed by atoms with Crippen LogP contribution < -0.4 is 0 Å². The first-order chi connectivity index (χ1) is 7.36. The third-order valence-electron chi connectivity index (χ3n) is 2.50. The molecule has 0 aliphatic rings. The molecule has 68 valence electrons. The van der Waals surface area contributed by atoms with E-state index >= 15 is 0 Å². The summed E-state index contributed by atoms with van der Waals surface area (Å²) in [6.07, 6.45) is 3.87. The van der Waals surface area contributed by atoms with Crippen molar-refractivity contribution in [3.05, 3.63) is 30.6 Å². The van der Waals surface area contributed by atoms with Crippen molar-refractivity contribution in [1.29, 1.82) is 0 Å². The second kappa shape index (κ2) is 3.19. The molecule has 0 aliphatic heterocycles. The van der Waals surface area contributed by atoms with Gasteiger partial charge in [-0.1, -0.05) is 0 Å². The number of aromatic nitrogens is 4. The Morgan fingerprint density at radius 3 is 3.07 bits per heavy atom. The first-order valence-electron chi connectivity index (χ1n) is 4.75. The van der Waals surface area contributed by atoms with Gasteiger partial charge < -0.3 is 0 Å². The summed E-state index contributed by atoms with van der Waals surface area (Å²) < 4.78 is 4.04. The number of pyridine rings is 1. The summed E-state index contributed by atoms with van der Waals surface area (Å²) in [6.45, 7) is 0. The Morgan fingerprint density at radius 1 is 1.33 bits per heavy atom. The van der Waals surface area contributed by atoms with Crippen LogP contribution in [-0.4, -0.2) is 40.8 Å². The summed E-state index contributed by atoms with van der Waals surface area (Å²) in [6, 6.07) is 5.96. The fourth-order valence-electron chi connectivity index (χ4n) is 1.73. The maximum atomic E-state index is 4.34. The van der Waals surface area contributed by atoms with E-state index < -0.39 is 0 Å². The van der Waals surface area contributed by atoms with Gasteiger partial charge in [-0.15, -0.1) is 0 Å². The van der Waals surface area contributed by atoms with Crippen LogP contribution in [0.4, 0.5) is 0 Å². The SMILES string of the molecule is Bn1bnbc1-c1cnc2ccccn12. The molecule has 3 aromatic heterocycles. The summed E-state index contributed by atoms with van der Waals surface area (Å²) in [7, 11) is 5.61. The third-order valence-corrected chi connectivity index (χ3v) is 2.50. The van der Waals surface area contributed by atoms with Gasteiger partial charge in [0.2, 0.25) is 0 Å². The molecule has 0 spiro atoms. The predicted molar refractivity (Wildman–Crippen MR) is 63.0 cm³/mol. The van der Waals surface area contributed by atoms with Gasteiger partial charge in [0.1, 0.15) is 0 Å². The Morgan fingerprint density at radius 2 is 2.27 bits per heavy atom. The molecule has 0 saturated heterocycles. The van der Waals surface area contributed by atoms with Gasteiger partial charge in [-0.2, -0.15) is 0 Å². The third kappa shape index (κ3) is 1.27. The van der Waals surface area contributed by atoms with Crippen molar-refractivity contribution < 1.29 is 0 Å². The van der Waals surface area contributed by atoms with Crippen molar-refractivity contribution in [2.24, 2.45) is 0 Å². The molecule has 15 heavy (non-hydrogen) atoms. The van der Waals surface area contributed by atoms with Crippen LogP contribution in [-0.2, 0) is 0 Å². The zero-order chi connectivity index (χ0) is 10.3. The Hall–Kier alpha value is -1.65. The normalized spacial score (nSPS) is 10.4. The summed E-state index contributed by atoms with van der Waals surface area (Å²) in [5.74, 6) is 0. The maximum absolute atomic E-state index is 4.34. The number of hydrogen-bond acceptors (Lipinski definition) is 2. The summed E-state index contributed by atoms with van der Waals surface area (Å²) in [5.41, 5.74) is 3.08. The van der Waals surface area contributed by atoms with Gasteiger partial charge in [0.25, 0.3) is 0 Å². The van der Waals surface area contributed by atoms with Crippen molar-refractivity contribution in [1.82, 2.24) is 18.6 Å². The fourth-order valence-corrected chi connectivity index (χ4v) is 1.73. The molecule has 0 radical (unpaired) electrons. The Bertz CT molecular complexity index is 615. The van der Waals surface area contributed by atoms with E-state index in [1.165, 1.54) is 0 Å². The molecule has 7 heteroatoms. The Kier molecular flexibility index (Phi) is 1.84. The van der Waals surface area contributed by atoms with E-state index in [0.29, 0.717) is 0 Å². The molecule has 0 atom stereocenters. The van der Waals surface area contributed by atoms with Crippen LogP contribution in [0.5, 0.6) is 0 Å². The first-order valence-corrected chi connectivity index (χ1v) is 4.75. The van der Waals surface area contributed by atoms with E-state index in [1.54, 1.807) is 7.19 Å². The summed E-state index contributed by atoms with van der Waals surface area (Å²) in [4.78, 5) is 8.44. The fraction of sp³-hybridized carbons (Fsp3) is 0. The van der Waals surface area contributed by atoms with Gasteiger partial charge in [-0.3, -0.25) is 0 Å². The molecule has 3 aromatic rings. The monoisotopic (exact) mass is 192 g/mol. The minimum absolute atomic E-state index is 0.953. The molecule has 0 unspecified atom stereocenters. The number of rotatable bonds is 1. The second-order valence-electron chi connectivity index (χ2n) is 3.46. The number of imidazole rings is 1. The molecular weight excluding hydrogens is 185 g/mol. The summed E-state index contributed by atoms with van der Waals surface area (Å²) in [5, 5.41) is 0. The average Bonchev–Trinajstić information content (AvgIpc) is 2.83. The van der Waals surface area contributed by atoms with Crippen LogP contribution in [0.2, 0.25) is 0 Å². The van der Waals surface area contributed by atoms with Crippen molar-refractivity contribution in [2.45, 2.75) is 0 Å². The zero-order valence-electron chi connectivity index (χ0n) is 8.33. The molecule has 0 aliphatic carbocycles. The topological polar surface area (TPSA) is 35.1 Å². The quantitative estimate of drug-likeness (QED) is 0.476. The molecule has 0 N–H and O–H groups in total. The first kappa shape index (κ1) is 8.65. The zero-order valence-corrected chi connectivity index (χ0v) is 8.33. The molecule has 3 rings (SSSR count). The van der Waals surface area contributed by atoms with Gasteiger partial charge in [-0.25, -0.2) is 0 Å². The van der Waals surface area contributed by atoms with Crippen molar-refractivity contribution >= 4 is 27.9 Å². The van der Waals surface area contributed by atoms with Crippen LogP contribution in [0, 0.1) is 0 Å². The van der Waals surface area contributed by atoms with Crippen LogP contribution in [0.25, 0.3) is 16.9 Å². The van der Waals surface area contributed by atoms with Crippen LogP contribution in [0.15, 0.2) is 30.6 Å². The second-order valence-corrected chi connectivity index (χ2v) is 3.46. The Balaban J connectivity index is 2.32. The molecule has 0 saturated carbocycles. The van der Waals surface area contributed by atoms with E-state index in [1.807, 2.05) is 50.0 Å². The van der Waals surface area contributed by atoms with Crippen LogP contribution in [0.3, 0.4) is 0 Å². The van der Waals surface area contributed by atoms with Gasteiger partial charge in [-0.05, 0) is 0 Å². The average molecular weight is 192 g/mol. The number of nitrogens with zero attached hydrogens (tertiary/aromatic N) is 4. The van der Waals surface area contributed by atoms with Crippen molar-refractivity contribution in [3.8, 4) is 11.3 Å². The van der Waals surface area contributed by atoms with E-state index in [2.05, 4.69) is 14.2 Å². The predicted octanol–water partition coefficient (Wildman–Crippen LogP) is -0.730. The van der Waals surface area contributed by atoms with Crippen LogP contribution >= 0.6 is 0 Å². The molecule has 4 nitrogen and oxygen atoms in total. The molecule has 3 heterocycles. The van der Waals surface area contributed by atoms with E-state index in [4.69, 9.17) is 0 Å². The van der Waals surface area contributed by atoms with Gasteiger partial charge in [0.05, 0.1) is 0 Å². The van der Waals surface area contributed by atoms with Crippen molar-refractivity contribution in [3.63, 3.8) is 0 Å². The molecular formula is C8H7B3N4. The van der Waals surface area contributed by atoms with Gasteiger partial charge >= 0.3 is 88.3 Å². The number of fused-ring (bicyclic) bond motifs is 1. The van der Waals surface area contributed by atoms with Gasteiger partial charge in [0, 0.05) is 0 Å². The molecule has 0 fully saturated rings. The molecule has 0 aromatic carbocycles. The van der Waals surface area contributed by atoms with E-state index in [9.17, 15) is 0 Å². The molecule has 0 bridgehead atoms.